The molecule has 2 saturated heterocycles. The lowest BCUT2D eigenvalue weighted by atomic mass is 9.99. The molecule has 1 atom stereocenters. The Balaban J connectivity index is 1.80. The fourth-order valence-electron chi connectivity index (χ4n) is 2.71. The van der Waals surface area contributed by atoms with Crippen molar-refractivity contribution in [2.75, 3.05) is 13.1 Å². The van der Waals surface area contributed by atoms with Gasteiger partial charge in [0.2, 0.25) is 0 Å². The molecule has 110 valence electrons. The highest BCUT2D eigenvalue weighted by atomic mass is 19.1. The maximum atomic E-state index is 13.5. The SMILES string of the molecule is Cc1ccc(C(=O)N2CCC3(C2)NC(=O)NC3=O)cc1F. The van der Waals surface area contributed by atoms with E-state index in [1.165, 1.54) is 11.0 Å². The topological polar surface area (TPSA) is 78.5 Å². The standard InChI is InChI=1S/C14H14FN3O3/c1-8-2-3-9(6-10(8)15)11(19)18-5-4-14(7-18)12(20)16-13(21)17-14/h2-3,6H,4-5,7H2,1H3,(H2,16,17,20,21). The summed E-state index contributed by atoms with van der Waals surface area (Å²) in [6.45, 7) is 2.05. The van der Waals surface area contributed by atoms with Gasteiger partial charge < -0.3 is 10.2 Å². The molecule has 2 N–H and O–H groups in total. The van der Waals surface area contributed by atoms with Gasteiger partial charge >= 0.3 is 6.03 Å². The Kier molecular flexibility index (Phi) is 2.93. The molecule has 0 bridgehead atoms. The van der Waals surface area contributed by atoms with Gasteiger partial charge in [0.1, 0.15) is 11.4 Å². The van der Waals surface area contributed by atoms with Crippen LogP contribution in [0.4, 0.5) is 9.18 Å². The minimum atomic E-state index is -1.05. The average Bonchev–Trinajstić information content (AvgIpc) is 2.97. The van der Waals surface area contributed by atoms with Crippen molar-refractivity contribution in [3.8, 4) is 0 Å². The van der Waals surface area contributed by atoms with Crippen LogP contribution >= 0.6 is 0 Å². The van der Waals surface area contributed by atoms with Gasteiger partial charge in [-0.15, -0.1) is 0 Å². The van der Waals surface area contributed by atoms with E-state index in [0.717, 1.165) is 0 Å². The summed E-state index contributed by atoms with van der Waals surface area (Å²) in [5, 5.41) is 4.75. The van der Waals surface area contributed by atoms with Crippen LogP contribution in [0.2, 0.25) is 0 Å². The summed E-state index contributed by atoms with van der Waals surface area (Å²) < 4.78 is 13.5. The van der Waals surface area contributed by atoms with Crippen molar-refractivity contribution in [1.29, 1.82) is 0 Å². The fourth-order valence-corrected chi connectivity index (χ4v) is 2.71. The molecule has 1 aromatic rings. The summed E-state index contributed by atoms with van der Waals surface area (Å²) >= 11 is 0. The number of aryl methyl sites for hydroxylation is 1. The molecule has 1 spiro atoms. The fraction of sp³-hybridized carbons (Fsp3) is 0.357. The van der Waals surface area contributed by atoms with Crippen LogP contribution in [0, 0.1) is 12.7 Å². The summed E-state index contributed by atoms with van der Waals surface area (Å²) in [5.41, 5.74) is -0.345. The van der Waals surface area contributed by atoms with E-state index < -0.39 is 23.3 Å². The van der Waals surface area contributed by atoms with Crippen LogP contribution in [0.15, 0.2) is 18.2 Å². The first kappa shape index (κ1) is 13.5. The number of likely N-dealkylation sites (tertiary alicyclic amines) is 1. The number of nitrogens with one attached hydrogen (secondary N) is 2. The molecule has 1 aromatic carbocycles. The number of hydrogen-bond donors (Lipinski definition) is 2. The molecule has 21 heavy (non-hydrogen) atoms. The van der Waals surface area contributed by atoms with Crippen molar-refractivity contribution >= 4 is 17.8 Å². The van der Waals surface area contributed by atoms with Crippen molar-refractivity contribution < 1.29 is 18.8 Å². The molecule has 4 amide bonds. The monoisotopic (exact) mass is 291 g/mol. The van der Waals surface area contributed by atoms with E-state index >= 15 is 0 Å². The predicted octanol–water partition coefficient (Wildman–Crippen LogP) is 0.558. The van der Waals surface area contributed by atoms with E-state index in [0.29, 0.717) is 18.5 Å². The lowest BCUT2D eigenvalue weighted by Gasteiger charge is -2.21. The highest BCUT2D eigenvalue weighted by molar-refractivity contribution is 6.08. The zero-order chi connectivity index (χ0) is 15.2. The highest BCUT2D eigenvalue weighted by Gasteiger charge is 2.51. The predicted molar refractivity (Wildman–Crippen MR) is 71.1 cm³/mol. The first-order valence-corrected chi connectivity index (χ1v) is 6.60. The average molecular weight is 291 g/mol. The molecule has 2 fully saturated rings. The van der Waals surface area contributed by atoms with Gasteiger partial charge in [0, 0.05) is 12.1 Å². The van der Waals surface area contributed by atoms with Gasteiger partial charge in [-0.2, -0.15) is 0 Å². The number of amides is 4. The van der Waals surface area contributed by atoms with Crippen LogP contribution in [0.5, 0.6) is 0 Å². The summed E-state index contributed by atoms with van der Waals surface area (Å²) in [7, 11) is 0. The second kappa shape index (κ2) is 4.54. The molecular weight excluding hydrogens is 277 g/mol. The van der Waals surface area contributed by atoms with Crippen molar-refractivity contribution in [2.24, 2.45) is 0 Å². The van der Waals surface area contributed by atoms with E-state index in [1.54, 1.807) is 19.1 Å². The minimum Gasteiger partial charge on any atom is -0.336 e. The Labute approximate surface area is 120 Å². The zero-order valence-corrected chi connectivity index (χ0v) is 11.4. The number of carbonyl (C=O) groups is 3. The molecule has 0 aromatic heterocycles. The third-order valence-corrected chi connectivity index (χ3v) is 3.99. The van der Waals surface area contributed by atoms with Crippen LogP contribution in [0.3, 0.4) is 0 Å². The van der Waals surface area contributed by atoms with E-state index in [2.05, 4.69) is 10.6 Å². The Morgan fingerprint density at radius 3 is 2.76 bits per heavy atom. The molecular formula is C14H14FN3O3. The summed E-state index contributed by atoms with van der Waals surface area (Å²) in [6.07, 6.45) is 0.352. The van der Waals surface area contributed by atoms with Crippen molar-refractivity contribution in [3.05, 3.63) is 35.1 Å². The third-order valence-electron chi connectivity index (χ3n) is 3.99. The zero-order valence-electron chi connectivity index (χ0n) is 11.4. The van der Waals surface area contributed by atoms with Crippen LogP contribution in [-0.4, -0.2) is 41.4 Å². The molecule has 2 aliphatic heterocycles. The second-order valence-electron chi connectivity index (χ2n) is 5.43. The van der Waals surface area contributed by atoms with Crippen molar-refractivity contribution in [2.45, 2.75) is 18.9 Å². The molecule has 3 rings (SSSR count). The molecule has 0 radical (unpaired) electrons. The van der Waals surface area contributed by atoms with E-state index in [4.69, 9.17) is 0 Å². The van der Waals surface area contributed by atoms with Crippen molar-refractivity contribution in [3.63, 3.8) is 0 Å². The normalized spacial score (nSPS) is 24.4. The molecule has 1 unspecified atom stereocenters. The van der Waals surface area contributed by atoms with Crippen LogP contribution < -0.4 is 10.6 Å². The largest absolute Gasteiger partial charge is 0.336 e. The van der Waals surface area contributed by atoms with E-state index in [9.17, 15) is 18.8 Å². The number of carbonyl (C=O) groups excluding carboxylic acids is 3. The minimum absolute atomic E-state index is 0.0961. The Bertz CT molecular complexity index is 661. The quantitative estimate of drug-likeness (QED) is 0.742. The van der Waals surface area contributed by atoms with Gasteiger partial charge in [0.25, 0.3) is 11.8 Å². The maximum Gasteiger partial charge on any atom is 0.322 e. The van der Waals surface area contributed by atoms with Crippen molar-refractivity contribution in [1.82, 2.24) is 15.5 Å². The van der Waals surface area contributed by atoms with E-state index in [1.807, 2.05) is 0 Å². The molecule has 7 heteroatoms. The van der Waals surface area contributed by atoms with Crippen LogP contribution in [0.1, 0.15) is 22.3 Å². The lowest BCUT2D eigenvalue weighted by Crippen LogP contribution is -2.49. The number of imide groups is 1. The Morgan fingerprint density at radius 2 is 2.14 bits per heavy atom. The smallest absolute Gasteiger partial charge is 0.322 e. The first-order chi connectivity index (χ1) is 9.91. The van der Waals surface area contributed by atoms with Crippen LogP contribution in [0.25, 0.3) is 0 Å². The van der Waals surface area contributed by atoms with E-state index in [-0.39, 0.29) is 18.0 Å². The summed E-state index contributed by atoms with van der Waals surface area (Å²) in [6, 6.07) is 3.74. The van der Waals surface area contributed by atoms with Gasteiger partial charge in [-0.3, -0.25) is 14.9 Å². The van der Waals surface area contributed by atoms with Gasteiger partial charge in [0.15, 0.2) is 0 Å². The number of urea groups is 1. The molecule has 2 aliphatic rings. The molecule has 0 saturated carbocycles. The van der Waals surface area contributed by atoms with Gasteiger partial charge in [-0.1, -0.05) is 6.07 Å². The third kappa shape index (κ3) is 2.14. The lowest BCUT2D eigenvalue weighted by molar-refractivity contribution is -0.123. The highest BCUT2D eigenvalue weighted by Crippen LogP contribution is 2.26. The summed E-state index contributed by atoms with van der Waals surface area (Å²) in [5.74, 6) is -1.21. The Morgan fingerprint density at radius 1 is 1.38 bits per heavy atom. The number of halogens is 1. The second-order valence-corrected chi connectivity index (χ2v) is 5.43. The van der Waals surface area contributed by atoms with Gasteiger partial charge in [0.05, 0.1) is 6.54 Å². The molecule has 0 aliphatic carbocycles. The number of nitrogens with zero attached hydrogens (tertiary/aromatic N) is 1. The molecule has 2 heterocycles. The number of rotatable bonds is 1. The summed E-state index contributed by atoms with van der Waals surface area (Å²) in [4.78, 5) is 36.9. The molecule has 6 nitrogen and oxygen atoms in total. The number of benzene rings is 1. The number of hydrogen-bond acceptors (Lipinski definition) is 3. The van der Waals surface area contributed by atoms with Gasteiger partial charge in [-0.25, -0.2) is 9.18 Å². The van der Waals surface area contributed by atoms with Crippen LogP contribution in [-0.2, 0) is 4.79 Å². The maximum absolute atomic E-state index is 13.5. The first-order valence-electron chi connectivity index (χ1n) is 6.60. The van der Waals surface area contributed by atoms with Gasteiger partial charge in [-0.05, 0) is 31.0 Å². The Hall–Kier alpha value is -2.44.